The summed E-state index contributed by atoms with van der Waals surface area (Å²) < 4.78 is 5.67. The van der Waals surface area contributed by atoms with Crippen molar-refractivity contribution in [1.29, 1.82) is 0 Å². The van der Waals surface area contributed by atoms with Crippen LogP contribution in [0.15, 0.2) is 24.3 Å². The van der Waals surface area contributed by atoms with Gasteiger partial charge in [-0.25, -0.2) is 0 Å². The number of likely N-dealkylation sites (tertiary alicyclic amines) is 1. The molecule has 1 aliphatic rings. The number of carbonyl (C=O) groups is 1. The van der Waals surface area contributed by atoms with Gasteiger partial charge in [-0.05, 0) is 19.4 Å². The first kappa shape index (κ1) is 13.9. The predicted octanol–water partition coefficient (Wildman–Crippen LogP) is 2.10. The lowest BCUT2D eigenvalue weighted by atomic mass is 9.99. The lowest BCUT2D eigenvalue weighted by Crippen LogP contribution is -2.33. The van der Waals surface area contributed by atoms with Crippen molar-refractivity contribution >= 4 is 5.91 Å². The third-order valence-corrected chi connectivity index (χ3v) is 3.47. The summed E-state index contributed by atoms with van der Waals surface area (Å²) in [6.07, 6.45) is 1.36. The highest BCUT2D eigenvalue weighted by Crippen LogP contribution is 2.36. The summed E-state index contributed by atoms with van der Waals surface area (Å²) in [6, 6.07) is 7.66. The third-order valence-electron chi connectivity index (χ3n) is 3.47. The Labute approximate surface area is 114 Å². The van der Waals surface area contributed by atoms with E-state index < -0.39 is 0 Å². The third kappa shape index (κ3) is 2.73. The van der Waals surface area contributed by atoms with Gasteiger partial charge in [-0.1, -0.05) is 25.1 Å². The Morgan fingerprint density at radius 2 is 2.11 bits per heavy atom. The second-order valence-corrected chi connectivity index (χ2v) is 4.87. The molecule has 19 heavy (non-hydrogen) atoms. The standard InChI is InChI=1S/C15H22N2O2/c1-3-9-17-14(18)10-12(16)15(17)11-7-5-6-8-13(11)19-4-2/h5-8,12,15H,3-4,9-10,16H2,1-2H3. The molecule has 2 rings (SSSR count). The van der Waals surface area contributed by atoms with Crippen LogP contribution in [0.4, 0.5) is 0 Å². The molecule has 4 heteroatoms. The summed E-state index contributed by atoms with van der Waals surface area (Å²) in [5.74, 6) is 0.979. The van der Waals surface area contributed by atoms with Crippen LogP contribution >= 0.6 is 0 Å². The second kappa shape index (κ2) is 6.06. The second-order valence-electron chi connectivity index (χ2n) is 4.87. The molecule has 1 fully saturated rings. The molecule has 0 aromatic heterocycles. The van der Waals surface area contributed by atoms with Crippen LogP contribution in [-0.2, 0) is 4.79 Å². The van der Waals surface area contributed by atoms with E-state index in [1.165, 1.54) is 0 Å². The molecule has 1 aromatic carbocycles. The Hall–Kier alpha value is -1.55. The van der Waals surface area contributed by atoms with Crippen molar-refractivity contribution in [2.24, 2.45) is 5.73 Å². The minimum Gasteiger partial charge on any atom is -0.494 e. The van der Waals surface area contributed by atoms with Gasteiger partial charge in [0.25, 0.3) is 0 Å². The molecular weight excluding hydrogens is 240 g/mol. The maximum atomic E-state index is 12.0. The van der Waals surface area contributed by atoms with Crippen molar-refractivity contribution in [2.45, 2.75) is 38.8 Å². The molecule has 1 aliphatic heterocycles. The summed E-state index contributed by atoms with van der Waals surface area (Å²) in [6.45, 7) is 5.39. The zero-order valence-corrected chi connectivity index (χ0v) is 11.6. The van der Waals surface area contributed by atoms with E-state index in [9.17, 15) is 4.79 Å². The zero-order valence-electron chi connectivity index (χ0n) is 11.6. The Morgan fingerprint density at radius 3 is 2.79 bits per heavy atom. The summed E-state index contributed by atoms with van der Waals surface area (Å²) in [5.41, 5.74) is 7.19. The number of amides is 1. The maximum absolute atomic E-state index is 12.0. The van der Waals surface area contributed by atoms with Gasteiger partial charge in [0.2, 0.25) is 5.91 Å². The molecule has 1 amide bonds. The van der Waals surface area contributed by atoms with E-state index in [0.717, 1.165) is 24.3 Å². The molecule has 1 heterocycles. The van der Waals surface area contributed by atoms with Gasteiger partial charge in [0.15, 0.2) is 0 Å². The summed E-state index contributed by atoms with van der Waals surface area (Å²) in [7, 11) is 0. The van der Waals surface area contributed by atoms with Crippen LogP contribution in [-0.4, -0.2) is 30.0 Å². The fourth-order valence-electron chi connectivity index (χ4n) is 2.73. The zero-order chi connectivity index (χ0) is 13.8. The molecule has 2 atom stereocenters. The van der Waals surface area contributed by atoms with E-state index in [0.29, 0.717) is 13.0 Å². The van der Waals surface area contributed by atoms with Gasteiger partial charge >= 0.3 is 0 Å². The van der Waals surface area contributed by atoms with E-state index in [1.807, 2.05) is 36.1 Å². The fourth-order valence-corrected chi connectivity index (χ4v) is 2.73. The Bertz CT molecular complexity index is 448. The molecule has 4 nitrogen and oxygen atoms in total. The minimum absolute atomic E-state index is 0.0600. The number of nitrogens with two attached hydrogens (primary N) is 1. The molecule has 0 radical (unpaired) electrons. The normalized spacial score (nSPS) is 22.9. The van der Waals surface area contributed by atoms with Crippen LogP contribution in [0, 0.1) is 0 Å². The van der Waals surface area contributed by atoms with Crippen molar-refractivity contribution < 1.29 is 9.53 Å². The highest BCUT2D eigenvalue weighted by molar-refractivity contribution is 5.80. The average Bonchev–Trinajstić information content (AvgIpc) is 2.66. The van der Waals surface area contributed by atoms with Gasteiger partial charge in [0.1, 0.15) is 5.75 Å². The summed E-state index contributed by atoms with van der Waals surface area (Å²) >= 11 is 0. The SMILES string of the molecule is CCCN1C(=O)CC(N)C1c1ccccc1OCC. The first-order valence-electron chi connectivity index (χ1n) is 6.95. The van der Waals surface area contributed by atoms with Crippen LogP contribution in [0.2, 0.25) is 0 Å². The largest absolute Gasteiger partial charge is 0.494 e. The topological polar surface area (TPSA) is 55.6 Å². The molecule has 0 spiro atoms. The van der Waals surface area contributed by atoms with E-state index in [4.69, 9.17) is 10.5 Å². The highest BCUT2D eigenvalue weighted by atomic mass is 16.5. The van der Waals surface area contributed by atoms with Crippen LogP contribution in [0.25, 0.3) is 0 Å². The van der Waals surface area contributed by atoms with Gasteiger partial charge in [-0.15, -0.1) is 0 Å². The summed E-state index contributed by atoms with van der Waals surface area (Å²) in [5, 5.41) is 0. The molecule has 1 aromatic rings. The summed E-state index contributed by atoms with van der Waals surface area (Å²) in [4.78, 5) is 13.9. The van der Waals surface area contributed by atoms with E-state index in [2.05, 4.69) is 6.92 Å². The van der Waals surface area contributed by atoms with Crippen molar-refractivity contribution in [3.63, 3.8) is 0 Å². The molecule has 2 N–H and O–H groups in total. The number of carbonyl (C=O) groups excluding carboxylic acids is 1. The number of hydrogen-bond donors (Lipinski definition) is 1. The number of para-hydroxylation sites is 1. The van der Waals surface area contributed by atoms with Gasteiger partial charge in [0.05, 0.1) is 12.6 Å². The minimum atomic E-state index is -0.152. The van der Waals surface area contributed by atoms with Gasteiger partial charge in [-0.3, -0.25) is 4.79 Å². The molecule has 0 aliphatic carbocycles. The van der Waals surface area contributed by atoms with E-state index in [-0.39, 0.29) is 18.0 Å². The quantitative estimate of drug-likeness (QED) is 0.884. The van der Waals surface area contributed by atoms with E-state index >= 15 is 0 Å². The Balaban J connectivity index is 2.35. The first-order valence-corrected chi connectivity index (χ1v) is 6.95. The molecular formula is C15H22N2O2. The maximum Gasteiger partial charge on any atom is 0.224 e. The fraction of sp³-hybridized carbons (Fsp3) is 0.533. The smallest absolute Gasteiger partial charge is 0.224 e. The van der Waals surface area contributed by atoms with Gasteiger partial charge < -0.3 is 15.4 Å². The van der Waals surface area contributed by atoms with Crippen LogP contribution in [0.5, 0.6) is 5.75 Å². The predicted molar refractivity (Wildman–Crippen MR) is 74.9 cm³/mol. The average molecular weight is 262 g/mol. The van der Waals surface area contributed by atoms with Crippen molar-refractivity contribution in [1.82, 2.24) is 4.90 Å². The molecule has 1 saturated heterocycles. The molecule has 0 bridgehead atoms. The molecule has 0 saturated carbocycles. The van der Waals surface area contributed by atoms with E-state index in [1.54, 1.807) is 0 Å². The van der Waals surface area contributed by atoms with Gasteiger partial charge in [0, 0.05) is 24.6 Å². The lowest BCUT2D eigenvalue weighted by Gasteiger charge is -2.28. The van der Waals surface area contributed by atoms with Crippen molar-refractivity contribution in [3.05, 3.63) is 29.8 Å². The first-order chi connectivity index (χ1) is 9.19. The van der Waals surface area contributed by atoms with Crippen molar-refractivity contribution in [3.8, 4) is 5.75 Å². The van der Waals surface area contributed by atoms with Crippen LogP contribution < -0.4 is 10.5 Å². The number of rotatable bonds is 5. The van der Waals surface area contributed by atoms with Crippen LogP contribution in [0.1, 0.15) is 38.3 Å². The van der Waals surface area contributed by atoms with Crippen molar-refractivity contribution in [2.75, 3.05) is 13.2 Å². The number of nitrogens with zero attached hydrogens (tertiary/aromatic N) is 1. The lowest BCUT2D eigenvalue weighted by molar-refractivity contribution is -0.129. The molecule has 2 unspecified atom stereocenters. The number of hydrogen-bond acceptors (Lipinski definition) is 3. The monoisotopic (exact) mass is 262 g/mol. The molecule has 104 valence electrons. The Kier molecular flexibility index (Phi) is 4.43. The highest BCUT2D eigenvalue weighted by Gasteiger charge is 2.39. The van der Waals surface area contributed by atoms with Gasteiger partial charge in [-0.2, -0.15) is 0 Å². The number of ether oxygens (including phenoxy) is 1. The van der Waals surface area contributed by atoms with Crippen LogP contribution in [0.3, 0.4) is 0 Å². The Morgan fingerprint density at radius 1 is 1.37 bits per heavy atom. The number of benzene rings is 1.